The summed E-state index contributed by atoms with van der Waals surface area (Å²) in [4.78, 5) is 17.8. The molecule has 3 aromatic rings. The van der Waals surface area contributed by atoms with Crippen LogP contribution in [0.5, 0.6) is 0 Å². The van der Waals surface area contributed by atoms with Crippen molar-refractivity contribution in [1.29, 1.82) is 0 Å². The molecule has 1 aliphatic rings. The predicted octanol–water partition coefficient (Wildman–Crippen LogP) is 8.36. The zero-order chi connectivity index (χ0) is 27.1. The van der Waals surface area contributed by atoms with Crippen LogP contribution in [-0.4, -0.2) is 13.1 Å². The molecule has 3 aromatic carbocycles. The average Bonchev–Trinajstić information content (AvgIpc) is 2.93. The molecule has 0 spiro atoms. The highest BCUT2D eigenvalue weighted by molar-refractivity contribution is 5.92. The smallest absolute Gasteiger partial charge is 0.336 e. The van der Waals surface area contributed by atoms with Gasteiger partial charge in [0, 0.05) is 22.5 Å². The van der Waals surface area contributed by atoms with E-state index in [0.717, 1.165) is 22.6 Å². The molecule has 0 N–H and O–H groups in total. The van der Waals surface area contributed by atoms with Crippen LogP contribution in [0.25, 0.3) is 10.9 Å². The lowest BCUT2D eigenvalue weighted by atomic mass is 9.91. The summed E-state index contributed by atoms with van der Waals surface area (Å²) in [7, 11) is 1.27. The molecule has 0 bridgehead atoms. The van der Waals surface area contributed by atoms with Gasteiger partial charge < -0.3 is 14.4 Å². The fourth-order valence-electron chi connectivity index (χ4n) is 3.95. The molecule has 4 rings (SSSR count). The first-order chi connectivity index (χ1) is 18.3. The van der Waals surface area contributed by atoms with Gasteiger partial charge in [-0.25, -0.2) is 4.85 Å². The second-order valence-corrected chi connectivity index (χ2v) is 9.75. The van der Waals surface area contributed by atoms with E-state index >= 15 is 0 Å². The standard InChI is InChI=1S/C33H30N2O3/c1-33(2,3)30-23-25(31(34-4)32(36)37-5)22-29(38-30)21-18-24-16-19-28(20-17-24)35(26-12-8-6-9-13-26)27-14-10-7-11-15-27/h6-23H,1-3,5H3. The number of para-hydroxylation sites is 2. The van der Waals surface area contributed by atoms with Gasteiger partial charge in [-0.3, -0.25) is 4.79 Å². The van der Waals surface area contributed by atoms with E-state index < -0.39 is 5.97 Å². The summed E-state index contributed by atoms with van der Waals surface area (Å²) in [6.45, 7) is 13.5. The van der Waals surface area contributed by atoms with E-state index in [2.05, 4.69) is 46.1 Å². The lowest BCUT2D eigenvalue weighted by molar-refractivity contribution is -0.135. The van der Waals surface area contributed by atoms with Crippen molar-refractivity contribution in [2.45, 2.75) is 20.8 Å². The number of hydrogen-bond acceptors (Lipinski definition) is 4. The van der Waals surface area contributed by atoms with Gasteiger partial charge in [-0.2, -0.15) is 0 Å². The number of allylic oxidation sites excluding steroid dienone is 5. The second-order valence-electron chi connectivity index (χ2n) is 9.75. The molecule has 5 heteroatoms. The SMILES string of the molecule is [C-]#[N+]C(C(=O)OC)=C1C=C(C=Cc2ccc(N(c3ccccc3)c3ccccc3)cc2)OC(C(C)(C)C)=C1. The van der Waals surface area contributed by atoms with Gasteiger partial charge in [0.2, 0.25) is 0 Å². The fraction of sp³-hybridized carbons (Fsp3) is 0.152. The average molecular weight is 503 g/mol. The van der Waals surface area contributed by atoms with Gasteiger partial charge in [-0.15, -0.1) is 0 Å². The first-order valence-corrected chi connectivity index (χ1v) is 12.3. The van der Waals surface area contributed by atoms with Crippen LogP contribution >= 0.6 is 0 Å². The number of rotatable bonds is 6. The summed E-state index contributed by atoms with van der Waals surface area (Å²) >= 11 is 0. The molecule has 0 saturated carbocycles. The quantitative estimate of drug-likeness (QED) is 0.193. The second kappa shape index (κ2) is 11.5. The van der Waals surface area contributed by atoms with Crippen LogP contribution < -0.4 is 4.90 Å². The van der Waals surface area contributed by atoms with E-state index in [0.29, 0.717) is 17.1 Å². The molecule has 0 unspecified atom stereocenters. The van der Waals surface area contributed by atoms with Crippen molar-refractivity contribution in [3.8, 4) is 0 Å². The van der Waals surface area contributed by atoms with Crippen molar-refractivity contribution in [3.05, 3.63) is 143 Å². The Morgan fingerprint density at radius 2 is 1.39 bits per heavy atom. The van der Waals surface area contributed by atoms with E-state index in [1.54, 1.807) is 12.2 Å². The minimum atomic E-state index is -0.669. The molecule has 0 aromatic heterocycles. The van der Waals surface area contributed by atoms with Gasteiger partial charge in [0.1, 0.15) is 11.5 Å². The van der Waals surface area contributed by atoms with E-state index in [-0.39, 0.29) is 11.1 Å². The molecule has 0 fully saturated rings. The molecule has 0 radical (unpaired) electrons. The third-order valence-electron chi connectivity index (χ3n) is 5.94. The molecule has 1 aliphatic heterocycles. The van der Waals surface area contributed by atoms with Crippen LogP contribution in [0.2, 0.25) is 0 Å². The minimum Gasteiger partial charge on any atom is -0.474 e. The largest absolute Gasteiger partial charge is 0.474 e. The Balaban J connectivity index is 1.64. The summed E-state index contributed by atoms with van der Waals surface area (Å²) in [5.74, 6) is 0.533. The predicted molar refractivity (Wildman–Crippen MR) is 153 cm³/mol. The monoisotopic (exact) mass is 502 g/mol. The molecule has 0 atom stereocenters. The van der Waals surface area contributed by atoms with E-state index in [9.17, 15) is 4.79 Å². The molecule has 190 valence electrons. The zero-order valence-electron chi connectivity index (χ0n) is 22.0. The molecular formula is C33H30N2O3. The van der Waals surface area contributed by atoms with E-state index in [1.165, 1.54) is 7.11 Å². The molecule has 0 amide bonds. The maximum atomic E-state index is 12.2. The van der Waals surface area contributed by atoms with Gasteiger partial charge in [-0.05, 0) is 65.8 Å². The highest BCUT2D eigenvalue weighted by Crippen LogP contribution is 2.36. The van der Waals surface area contributed by atoms with E-state index in [1.807, 2.05) is 81.5 Å². The Kier molecular flexibility index (Phi) is 7.94. The normalized spacial score (nSPS) is 14.6. The van der Waals surface area contributed by atoms with Crippen molar-refractivity contribution in [2.75, 3.05) is 12.0 Å². The van der Waals surface area contributed by atoms with Crippen LogP contribution in [0.15, 0.2) is 126 Å². The molecule has 5 nitrogen and oxygen atoms in total. The first kappa shape index (κ1) is 26.2. The fourth-order valence-corrected chi connectivity index (χ4v) is 3.95. The maximum absolute atomic E-state index is 12.2. The molecule has 0 aliphatic carbocycles. The third-order valence-corrected chi connectivity index (χ3v) is 5.94. The van der Waals surface area contributed by atoms with Crippen molar-refractivity contribution in [2.24, 2.45) is 5.41 Å². The van der Waals surface area contributed by atoms with Gasteiger partial charge in [0.25, 0.3) is 5.70 Å². The van der Waals surface area contributed by atoms with Gasteiger partial charge in [0.05, 0.1) is 13.7 Å². The first-order valence-electron chi connectivity index (χ1n) is 12.3. The molecular weight excluding hydrogens is 472 g/mol. The summed E-state index contributed by atoms with van der Waals surface area (Å²) in [5.41, 5.74) is 4.25. The van der Waals surface area contributed by atoms with Gasteiger partial charge >= 0.3 is 5.97 Å². The molecule has 38 heavy (non-hydrogen) atoms. The summed E-state index contributed by atoms with van der Waals surface area (Å²) in [5, 5.41) is 0. The van der Waals surface area contributed by atoms with Crippen LogP contribution in [0, 0.1) is 12.0 Å². The number of methoxy groups -OCH3 is 1. The van der Waals surface area contributed by atoms with Gasteiger partial charge in [0.15, 0.2) is 0 Å². The Bertz CT molecular complexity index is 1410. The van der Waals surface area contributed by atoms with Crippen molar-refractivity contribution in [1.82, 2.24) is 0 Å². The minimum absolute atomic E-state index is 0.0743. The number of nitrogens with zero attached hydrogens (tertiary/aromatic N) is 2. The maximum Gasteiger partial charge on any atom is 0.336 e. The number of carbonyl (C=O) groups excluding carboxylic acids is 1. The zero-order valence-corrected chi connectivity index (χ0v) is 22.0. The summed E-state index contributed by atoms with van der Waals surface area (Å²) < 4.78 is 10.9. The van der Waals surface area contributed by atoms with Crippen molar-refractivity contribution >= 4 is 29.1 Å². The lowest BCUT2D eigenvalue weighted by Gasteiger charge is -2.27. The molecule has 1 heterocycles. The topological polar surface area (TPSA) is 43.1 Å². The highest BCUT2D eigenvalue weighted by Gasteiger charge is 2.25. The summed E-state index contributed by atoms with van der Waals surface area (Å²) in [6, 6.07) is 28.7. The van der Waals surface area contributed by atoms with Crippen LogP contribution in [0.1, 0.15) is 26.3 Å². The van der Waals surface area contributed by atoms with E-state index in [4.69, 9.17) is 16.0 Å². The number of ether oxygens (including phenoxy) is 2. The Morgan fingerprint density at radius 3 is 1.89 bits per heavy atom. The number of anilines is 3. The summed E-state index contributed by atoms with van der Waals surface area (Å²) in [6.07, 6.45) is 7.22. The number of esters is 1. The van der Waals surface area contributed by atoms with Crippen LogP contribution in [0.3, 0.4) is 0 Å². The van der Waals surface area contributed by atoms with Gasteiger partial charge in [-0.1, -0.05) is 75.4 Å². The van der Waals surface area contributed by atoms with Crippen molar-refractivity contribution < 1.29 is 14.3 Å². The molecule has 0 saturated heterocycles. The highest BCUT2D eigenvalue weighted by atomic mass is 16.5. The Labute approximate surface area is 224 Å². The number of hydrogen-bond donors (Lipinski definition) is 0. The van der Waals surface area contributed by atoms with Crippen LogP contribution in [-0.2, 0) is 14.3 Å². The Morgan fingerprint density at radius 1 is 0.842 bits per heavy atom. The number of carbonyl (C=O) groups is 1. The third kappa shape index (κ3) is 6.11. The Hall–Kier alpha value is -4.82. The van der Waals surface area contributed by atoms with Crippen LogP contribution in [0.4, 0.5) is 17.1 Å². The lowest BCUT2D eigenvalue weighted by Crippen LogP contribution is -2.16. The van der Waals surface area contributed by atoms with Crippen molar-refractivity contribution in [3.63, 3.8) is 0 Å². The number of benzene rings is 3.